The number of rotatable bonds is 50. The van der Waals surface area contributed by atoms with Crippen molar-refractivity contribution in [2.45, 2.75) is 299 Å². The second-order valence-electron chi connectivity index (χ2n) is 19.1. The summed E-state index contributed by atoms with van der Waals surface area (Å²) in [6, 6.07) is 0. The maximum Gasteiger partial charge on any atom is 0.521 e. The summed E-state index contributed by atoms with van der Waals surface area (Å²) in [6.45, 7) is 29.2. The van der Waals surface area contributed by atoms with Gasteiger partial charge in [0.25, 0.3) is 0 Å². The average molecular weight is 1110 g/mol. The Hall–Kier alpha value is -0.616. The lowest BCUT2D eigenvalue weighted by molar-refractivity contribution is -0.256. The van der Waals surface area contributed by atoms with Crippen LogP contribution < -0.4 is 0 Å². The molecule has 14 unspecified atom stereocenters. The van der Waals surface area contributed by atoms with Gasteiger partial charge in [0.15, 0.2) is 81.3 Å². The van der Waals surface area contributed by atoms with Crippen LogP contribution in [0.5, 0.6) is 0 Å². The van der Waals surface area contributed by atoms with E-state index in [0.717, 1.165) is 64.2 Å². The van der Waals surface area contributed by atoms with Gasteiger partial charge in [-0.1, -0.05) is 105 Å². The van der Waals surface area contributed by atoms with Gasteiger partial charge in [0.1, 0.15) is 0 Å². The monoisotopic (exact) mass is 1110 g/mol. The van der Waals surface area contributed by atoms with Gasteiger partial charge >= 0.3 is 17.6 Å². The number of ether oxygens (including phenoxy) is 12. The molecule has 0 fully saturated rings. The van der Waals surface area contributed by atoms with Crippen molar-refractivity contribution in [3.05, 3.63) is 0 Å². The Morgan fingerprint density at radius 1 is 0.311 bits per heavy atom. The van der Waals surface area contributed by atoms with Gasteiger partial charge in [-0.25, -0.2) is 0 Å². The molecule has 74 heavy (non-hydrogen) atoms. The summed E-state index contributed by atoms with van der Waals surface area (Å²) >= 11 is 0. The lowest BCUT2D eigenvalue weighted by Crippen LogP contribution is -2.70. The van der Waals surface area contributed by atoms with Crippen LogP contribution in [0.25, 0.3) is 0 Å². The van der Waals surface area contributed by atoms with Gasteiger partial charge in [0, 0.05) is 42.7 Å². The standard InChI is InChI=1S/C53H110O19Si2/c1-23-27-29-31-33-35-37-52(25-3,73(67-45(11)61-39(5)55-17,68-46(12)62-40(6)56-18)69-47(13)63-41(7)57-19)51(54)53(26-4,38-36-34-32-30-28-24-2)74(70-48(14)64-42(8)58-20,71-49(15)65-43(9)59-21)72-50(16)66-44(10)60-22/h39-50H,23-38H2,1-22H3. The maximum absolute atomic E-state index is 17.9. The van der Waals surface area contributed by atoms with Crippen molar-refractivity contribution in [2.24, 2.45) is 0 Å². The highest BCUT2D eigenvalue weighted by Gasteiger charge is 2.76. The minimum atomic E-state index is -4.82. The second kappa shape index (κ2) is 39.7. The Balaban J connectivity index is 9.68. The van der Waals surface area contributed by atoms with E-state index in [9.17, 15) is 0 Å². The van der Waals surface area contributed by atoms with Gasteiger partial charge in [-0.3, -0.25) is 4.79 Å². The zero-order chi connectivity index (χ0) is 56.5. The van der Waals surface area contributed by atoms with Crippen LogP contribution in [0.2, 0.25) is 10.1 Å². The van der Waals surface area contributed by atoms with E-state index in [2.05, 4.69) is 13.8 Å². The summed E-state index contributed by atoms with van der Waals surface area (Å²) in [5, 5.41) is -3.31. The normalized spacial score (nSPS) is 20.6. The van der Waals surface area contributed by atoms with Crippen molar-refractivity contribution < 1.29 is 88.2 Å². The van der Waals surface area contributed by atoms with E-state index in [4.69, 9.17) is 83.4 Å². The highest BCUT2D eigenvalue weighted by Crippen LogP contribution is 2.62. The van der Waals surface area contributed by atoms with Crippen molar-refractivity contribution in [3.63, 3.8) is 0 Å². The average Bonchev–Trinajstić information content (AvgIpc) is 3.34. The molecule has 0 aromatic heterocycles. The number of hydrogen-bond donors (Lipinski definition) is 0. The number of ketones is 1. The van der Waals surface area contributed by atoms with Crippen LogP contribution in [-0.4, -0.2) is 142 Å². The summed E-state index contributed by atoms with van der Waals surface area (Å²) in [7, 11) is -0.420. The van der Waals surface area contributed by atoms with E-state index in [1.54, 1.807) is 83.1 Å². The fourth-order valence-corrected chi connectivity index (χ4v) is 16.7. The van der Waals surface area contributed by atoms with Crippen molar-refractivity contribution in [2.75, 3.05) is 42.7 Å². The van der Waals surface area contributed by atoms with Crippen LogP contribution in [0, 0.1) is 0 Å². The van der Waals surface area contributed by atoms with Crippen molar-refractivity contribution in [1.82, 2.24) is 0 Å². The molecule has 0 aliphatic heterocycles. The van der Waals surface area contributed by atoms with Gasteiger partial charge in [-0.05, 0) is 109 Å². The Morgan fingerprint density at radius 2 is 0.500 bits per heavy atom. The highest BCUT2D eigenvalue weighted by molar-refractivity contribution is 6.75. The molecule has 0 aliphatic carbocycles. The van der Waals surface area contributed by atoms with Crippen molar-refractivity contribution in [1.29, 1.82) is 0 Å². The smallest absolute Gasteiger partial charge is 0.356 e. The topological polar surface area (TPSA) is 183 Å². The van der Waals surface area contributed by atoms with Crippen LogP contribution in [0.1, 0.15) is 214 Å². The molecule has 0 N–H and O–H groups in total. The van der Waals surface area contributed by atoms with Crippen molar-refractivity contribution >= 4 is 23.4 Å². The lowest BCUT2D eigenvalue weighted by atomic mass is 9.81. The summed E-state index contributed by atoms with van der Waals surface area (Å²) in [5.74, 6) is -0.313. The molecule has 0 saturated heterocycles. The van der Waals surface area contributed by atoms with E-state index in [1.165, 1.54) is 42.7 Å². The summed E-state index contributed by atoms with van der Waals surface area (Å²) in [4.78, 5) is 17.9. The van der Waals surface area contributed by atoms with E-state index >= 15 is 4.79 Å². The molecule has 0 amide bonds. The molecule has 21 heteroatoms. The SMILES string of the molecule is CCCCCCCCC(CC)(C(=O)C(CC)(CCCCCCCC)[Si](OC(C)OC(C)OC)(OC(C)OC(C)OC)OC(C)OC(C)OC)[Si](OC(C)OC(C)OC)(OC(C)OC(C)OC)OC(C)OC(C)OC. The molecule has 0 aromatic rings. The van der Waals surface area contributed by atoms with Gasteiger partial charge < -0.3 is 83.4 Å². The highest BCUT2D eigenvalue weighted by atomic mass is 28.4. The third kappa shape index (κ3) is 24.8. The number of Topliss-reactive ketones (excluding diaryl/α,β-unsaturated/α-hetero) is 1. The Labute approximate surface area is 451 Å². The van der Waals surface area contributed by atoms with Crippen LogP contribution in [0.15, 0.2) is 0 Å². The van der Waals surface area contributed by atoms with E-state index in [-0.39, 0.29) is 31.5 Å². The van der Waals surface area contributed by atoms with Gasteiger partial charge in [0.2, 0.25) is 0 Å². The van der Waals surface area contributed by atoms with E-state index < -0.39 is 103 Å². The molecule has 0 heterocycles. The molecule has 0 rings (SSSR count). The molecular weight excluding hydrogens is 997 g/mol. The van der Waals surface area contributed by atoms with Gasteiger partial charge in [0.05, 0.1) is 10.1 Å². The van der Waals surface area contributed by atoms with Crippen LogP contribution in [-0.2, 0) is 88.2 Å². The molecule has 14 atom stereocenters. The molecular formula is C53H110O19Si2. The third-order valence-electron chi connectivity index (χ3n) is 13.4. The van der Waals surface area contributed by atoms with Crippen LogP contribution in [0.3, 0.4) is 0 Å². The third-order valence-corrected chi connectivity index (χ3v) is 21.2. The summed E-state index contributed by atoms with van der Waals surface area (Å²) in [5.41, 5.74) is 0. The summed E-state index contributed by atoms with van der Waals surface area (Å²) < 4.78 is 116. The largest absolute Gasteiger partial charge is 0.521 e. The Morgan fingerprint density at radius 3 is 0.676 bits per heavy atom. The van der Waals surface area contributed by atoms with Crippen molar-refractivity contribution in [3.8, 4) is 0 Å². The first kappa shape index (κ1) is 73.4. The first-order valence-electron chi connectivity index (χ1n) is 27.7. The molecule has 0 aliphatic rings. The Kier molecular flexibility index (Phi) is 39.4. The molecule has 0 bridgehead atoms. The molecule has 19 nitrogen and oxygen atoms in total. The molecule has 0 aromatic carbocycles. The minimum Gasteiger partial charge on any atom is -0.356 e. The van der Waals surface area contributed by atoms with Gasteiger partial charge in [-0.15, -0.1) is 0 Å². The second-order valence-corrected chi connectivity index (χ2v) is 24.7. The zero-order valence-electron chi connectivity index (χ0n) is 50.5. The number of unbranched alkanes of at least 4 members (excludes halogenated alkanes) is 10. The van der Waals surface area contributed by atoms with Crippen LogP contribution >= 0.6 is 0 Å². The first-order valence-corrected chi connectivity index (χ1v) is 31.2. The number of carbonyl (C=O) groups is 1. The predicted molar refractivity (Wildman–Crippen MR) is 287 cm³/mol. The fraction of sp³-hybridized carbons (Fsp3) is 0.981. The molecule has 444 valence electrons. The van der Waals surface area contributed by atoms with Gasteiger partial charge in [-0.2, -0.15) is 0 Å². The number of methoxy groups -OCH3 is 6. The van der Waals surface area contributed by atoms with Crippen LogP contribution in [0.4, 0.5) is 0 Å². The summed E-state index contributed by atoms with van der Waals surface area (Å²) in [6.07, 6.45) is 0.975. The van der Waals surface area contributed by atoms with E-state index in [1.807, 2.05) is 13.8 Å². The number of hydrogen-bond acceptors (Lipinski definition) is 19. The number of carbonyl (C=O) groups excluding carboxylic acids is 1. The first-order chi connectivity index (χ1) is 35.0. The van der Waals surface area contributed by atoms with E-state index in [0.29, 0.717) is 12.8 Å². The lowest BCUT2D eigenvalue weighted by Gasteiger charge is -2.54. The zero-order valence-corrected chi connectivity index (χ0v) is 52.5. The Bertz CT molecular complexity index is 1200. The molecule has 0 saturated carbocycles. The predicted octanol–water partition coefficient (Wildman–Crippen LogP) is 12.5. The quantitative estimate of drug-likeness (QED) is 0.0318. The fourth-order valence-electron chi connectivity index (χ4n) is 9.06. The molecule has 0 spiro atoms. The molecule has 0 radical (unpaired) electrons. The minimum absolute atomic E-state index is 0.147. The maximum atomic E-state index is 17.9.